The zero-order valence-corrected chi connectivity index (χ0v) is 18.2. The number of hydrogen-bond acceptors (Lipinski definition) is 3. The van der Waals surface area contributed by atoms with Crippen molar-refractivity contribution in [2.24, 2.45) is 0 Å². The van der Waals surface area contributed by atoms with Gasteiger partial charge in [0.1, 0.15) is 11.9 Å². The van der Waals surface area contributed by atoms with Crippen LogP contribution in [0.1, 0.15) is 56.6 Å². The fraction of sp³-hybridized carbons (Fsp3) is 0.500. The van der Waals surface area contributed by atoms with Crippen molar-refractivity contribution in [1.29, 1.82) is 0 Å². The lowest BCUT2D eigenvalue weighted by Crippen LogP contribution is -2.38. The molecule has 0 amide bonds. The van der Waals surface area contributed by atoms with Gasteiger partial charge >= 0.3 is 12.4 Å². The number of pyridine rings is 1. The molecule has 0 bridgehead atoms. The van der Waals surface area contributed by atoms with Gasteiger partial charge in [-0.15, -0.1) is 0 Å². The molecule has 2 aromatic rings. The first-order valence-corrected chi connectivity index (χ1v) is 9.90. The number of aryl methyl sites for hydroxylation is 1. The Morgan fingerprint density at radius 2 is 1.55 bits per heavy atom. The maximum absolute atomic E-state index is 13.8. The Hall–Kier alpha value is -2.45. The van der Waals surface area contributed by atoms with Crippen LogP contribution in [0.2, 0.25) is 0 Å². The molecule has 9 heteroatoms. The van der Waals surface area contributed by atoms with E-state index >= 15 is 0 Å². The maximum Gasteiger partial charge on any atom is 0.435 e. The molecule has 3 rings (SSSR count). The molecule has 0 fully saturated rings. The minimum atomic E-state index is -5.03. The molecular weight excluding hydrogens is 420 g/mol. The number of aromatic nitrogens is 1. The van der Waals surface area contributed by atoms with Crippen molar-refractivity contribution in [2.45, 2.75) is 65.0 Å². The summed E-state index contributed by atoms with van der Waals surface area (Å²) in [5, 5.41) is 0. The summed E-state index contributed by atoms with van der Waals surface area (Å²) < 4.78 is 81.7. The van der Waals surface area contributed by atoms with Gasteiger partial charge in [0.15, 0.2) is 5.69 Å². The average molecular weight is 445 g/mol. The van der Waals surface area contributed by atoms with Crippen LogP contribution in [0.25, 0.3) is 0 Å². The highest BCUT2D eigenvalue weighted by molar-refractivity contribution is 5.86. The quantitative estimate of drug-likeness (QED) is 0.462. The van der Waals surface area contributed by atoms with E-state index < -0.39 is 29.9 Å². The fourth-order valence-electron chi connectivity index (χ4n) is 3.96. The van der Waals surface area contributed by atoms with Crippen molar-refractivity contribution < 1.29 is 26.3 Å². The van der Waals surface area contributed by atoms with E-state index in [1.165, 1.54) is 11.9 Å². The van der Waals surface area contributed by atoms with Crippen molar-refractivity contribution in [1.82, 2.24) is 4.98 Å². The van der Waals surface area contributed by atoms with Gasteiger partial charge in [0, 0.05) is 12.7 Å². The van der Waals surface area contributed by atoms with Crippen LogP contribution >= 0.6 is 0 Å². The number of halogens is 6. The number of benzene rings is 1. The molecule has 170 valence electrons. The molecule has 0 saturated heterocycles. The van der Waals surface area contributed by atoms with Crippen LogP contribution < -0.4 is 9.80 Å². The number of rotatable bonds is 2. The van der Waals surface area contributed by atoms with Crippen LogP contribution in [0.3, 0.4) is 0 Å². The standard InChI is InChI=1S/C22H25F6N3/c1-7-17-30(6)18-15(11-16(21(23,24)25)29-19(18)22(26,27)28)31(17)14-10-13(20(3,4)5)9-8-12(14)2/h8-11,17H,7H2,1-6H3. The van der Waals surface area contributed by atoms with Crippen molar-refractivity contribution in [3.8, 4) is 0 Å². The minimum Gasteiger partial charge on any atom is -0.351 e. The second kappa shape index (κ2) is 7.31. The topological polar surface area (TPSA) is 19.4 Å². The summed E-state index contributed by atoms with van der Waals surface area (Å²) in [6, 6.07) is 6.34. The summed E-state index contributed by atoms with van der Waals surface area (Å²) in [4.78, 5) is 5.94. The number of hydrogen-bond donors (Lipinski definition) is 0. The molecule has 31 heavy (non-hydrogen) atoms. The van der Waals surface area contributed by atoms with Gasteiger partial charge in [-0.3, -0.25) is 0 Å². The van der Waals surface area contributed by atoms with E-state index in [2.05, 4.69) is 4.98 Å². The van der Waals surface area contributed by atoms with Crippen LogP contribution in [-0.2, 0) is 17.8 Å². The Morgan fingerprint density at radius 3 is 2.03 bits per heavy atom. The molecule has 2 heterocycles. The Morgan fingerprint density at radius 1 is 0.935 bits per heavy atom. The second-order valence-electron chi connectivity index (χ2n) is 8.84. The third-order valence-corrected chi connectivity index (χ3v) is 5.59. The van der Waals surface area contributed by atoms with Crippen LogP contribution in [0.15, 0.2) is 24.3 Å². The lowest BCUT2D eigenvalue weighted by Gasteiger charge is -2.32. The zero-order chi connectivity index (χ0) is 23.5. The molecule has 0 aliphatic carbocycles. The normalized spacial score (nSPS) is 17.4. The first kappa shape index (κ1) is 23.2. The maximum atomic E-state index is 13.8. The van der Waals surface area contributed by atoms with E-state index in [1.807, 2.05) is 39.0 Å². The van der Waals surface area contributed by atoms with E-state index in [0.29, 0.717) is 12.1 Å². The molecule has 1 aromatic carbocycles. The molecule has 0 N–H and O–H groups in total. The smallest absolute Gasteiger partial charge is 0.351 e. The third kappa shape index (κ3) is 4.06. The van der Waals surface area contributed by atoms with Gasteiger partial charge in [0.05, 0.1) is 11.4 Å². The summed E-state index contributed by atoms with van der Waals surface area (Å²) in [5.74, 6) is 0. The fourth-order valence-corrected chi connectivity index (χ4v) is 3.96. The lowest BCUT2D eigenvalue weighted by molar-refractivity contribution is -0.149. The average Bonchev–Trinajstić information content (AvgIpc) is 2.90. The summed E-state index contributed by atoms with van der Waals surface area (Å²) in [5.41, 5.74) is -1.54. The first-order valence-electron chi connectivity index (χ1n) is 9.90. The Kier molecular flexibility index (Phi) is 5.47. The van der Waals surface area contributed by atoms with E-state index in [9.17, 15) is 26.3 Å². The molecule has 0 radical (unpaired) electrons. The summed E-state index contributed by atoms with van der Waals surface area (Å²) >= 11 is 0. The SMILES string of the molecule is CCC1N(C)c2c(cc(C(F)(F)F)nc2C(F)(F)F)N1c1cc(C(C)(C)C)ccc1C. The summed E-state index contributed by atoms with van der Waals surface area (Å²) in [6.45, 7) is 9.57. The molecular formula is C22H25F6N3. The molecule has 1 aliphatic rings. The highest BCUT2D eigenvalue weighted by atomic mass is 19.4. The third-order valence-electron chi connectivity index (χ3n) is 5.59. The predicted molar refractivity (Wildman–Crippen MR) is 109 cm³/mol. The molecule has 1 aliphatic heterocycles. The van der Waals surface area contributed by atoms with Crippen molar-refractivity contribution in [3.63, 3.8) is 0 Å². The van der Waals surface area contributed by atoms with Crippen molar-refractivity contribution >= 4 is 17.1 Å². The van der Waals surface area contributed by atoms with E-state index in [-0.39, 0.29) is 16.8 Å². The minimum absolute atomic E-state index is 0.141. The van der Waals surface area contributed by atoms with Crippen LogP contribution in [0.4, 0.5) is 43.4 Å². The largest absolute Gasteiger partial charge is 0.435 e. The van der Waals surface area contributed by atoms with Gasteiger partial charge in [-0.25, -0.2) is 4.98 Å². The van der Waals surface area contributed by atoms with Gasteiger partial charge in [-0.1, -0.05) is 39.8 Å². The van der Waals surface area contributed by atoms with E-state index in [0.717, 1.165) is 17.2 Å². The number of alkyl halides is 6. The first-order chi connectivity index (χ1) is 14.1. The van der Waals surface area contributed by atoms with Gasteiger partial charge < -0.3 is 9.80 Å². The molecule has 3 nitrogen and oxygen atoms in total. The molecule has 1 aromatic heterocycles. The van der Waals surface area contributed by atoms with E-state index in [4.69, 9.17) is 0 Å². The Labute approximate surface area is 177 Å². The predicted octanol–water partition coefficient (Wildman–Crippen LogP) is 7.05. The van der Waals surface area contributed by atoms with Gasteiger partial charge in [0.25, 0.3) is 0 Å². The molecule has 0 saturated carbocycles. The highest BCUT2D eigenvalue weighted by Crippen LogP contribution is 2.52. The summed E-state index contributed by atoms with van der Waals surface area (Å²) in [6.07, 6.45) is -10.2. The van der Waals surface area contributed by atoms with Gasteiger partial charge in [-0.2, -0.15) is 26.3 Å². The van der Waals surface area contributed by atoms with Gasteiger partial charge in [0.2, 0.25) is 0 Å². The van der Waals surface area contributed by atoms with E-state index in [1.54, 1.807) is 18.7 Å². The highest BCUT2D eigenvalue weighted by Gasteiger charge is 2.47. The number of fused-ring (bicyclic) bond motifs is 1. The van der Waals surface area contributed by atoms with Crippen LogP contribution in [0, 0.1) is 6.92 Å². The molecule has 1 unspecified atom stereocenters. The zero-order valence-electron chi connectivity index (χ0n) is 18.2. The number of anilines is 3. The molecule has 1 atom stereocenters. The number of nitrogens with zero attached hydrogens (tertiary/aromatic N) is 3. The van der Waals surface area contributed by atoms with Crippen LogP contribution in [0.5, 0.6) is 0 Å². The van der Waals surface area contributed by atoms with Gasteiger partial charge in [-0.05, 0) is 42.0 Å². The second-order valence-corrected chi connectivity index (χ2v) is 8.84. The lowest BCUT2D eigenvalue weighted by atomic mass is 9.86. The van der Waals surface area contributed by atoms with Crippen molar-refractivity contribution in [3.05, 3.63) is 46.8 Å². The van der Waals surface area contributed by atoms with Crippen molar-refractivity contribution in [2.75, 3.05) is 16.8 Å². The van der Waals surface area contributed by atoms with Crippen LogP contribution in [-0.4, -0.2) is 18.2 Å². The monoisotopic (exact) mass is 445 g/mol. The molecule has 0 spiro atoms. The Bertz CT molecular complexity index is 988. The Balaban J connectivity index is 2.36. The summed E-state index contributed by atoms with van der Waals surface area (Å²) in [7, 11) is 1.46.